The Balaban J connectivity index is 2.34. The molecule has 100 valence electrons. The molecule has 3 N–H and O–H groups in total. The Bertz CT molecular complexity index is 259. The molecule has 0 aliphatic heterocycles. The Labute approximate surface area is 101 Å². The number of carbonyl (C=O) groups is 1. The molecular weight excluding hydrogens is 226 g/mol. The second-order valence-electron chi connectivity index (χ2n) is 5.25. The van der Waals surface area contributed by atoms with Crippen molar-refractivity contribution in [3.8, 4) is 0 Å². The lowest BCUT2D eigenvalue weighted by Crippen LogP contribution is -2.41. The summed E-state index contributed by atoms with van der Waals surface area (Å²) in [4.78, 5) is 11.8. The van der Waals surface area contributed by atoms with Crippen molar-refractivity contribution in [3.05, 3.63) is 0 Å². The van der Waals surface area contributed by atoms with Crippen LogP contribution in [0.3, 0.4) is 0 Å². The van der Waals surface area contributed by atoms with Crippen LogP contribution in [-0.4, -0.2) is 23.9 Å². The summed E-state index contributed by atoms with van der Waals surface area (Å²) in [6, 6.07) is 0.0333. The van der Waals surface area contributed by atoms with Gasteiger partial charge in [-0.3, -0.25) is 4.79 Å². The van der Waals surface area contributed by atoms with Crippen LogP contribution < -0.4 is 11.1 Å². The lowest BCUT2D eigenvalue weighted by molar-refractivity contribution is -0.129. The van der Waals surface area contributed by atoms with E-state index in [2.05, 4.69) is 5.32 Å². The fourth-order valence-electron chi connectivity index (χ4n) is 2.28. The van der Waals surface area contributed by atoms with E-state index < -0.39 is 5.92 Å². The third-order valence-corrected chi connectivity index (χ3v) is 3.20. The van der Waals surface area contributed by atoms with Gasteiger partial charge in [-0.2, -0.15) is 0 Å². The zero-order valence-electron chi connectivity index (χ0n) is 10.5. The predicted molar refractivity (Wildman–Crippen MR) is 62.8 cm³/mol. The lowest BCUT2D eigenvalue weighted by Gasteiger charge is -2.28. The average Bonchev–Trinajstić information content (AvgIpc) is 2.15. The molecule has 0 aromatic carbocycles. The average molecular weight is 248 g/mol. The molecule has 0 spiro atoms. The van der Waals surface area contributed by atoms with Gasteiger partial charge in [0.2, 0.25) is 11.8 Å². The molecule has 17 heavy (non-hydrogen) atoms. The van der Waals surface area contributed by atoms with E-state index in [0.29, 0.717) is 6.42 Å². The standard InChI is InChI=1S/C12H22F2N2O/c1-8(15)7-9(2)16-11(17)10-3-5-12(13,14)6-4-10/h8-10H,3-7,15H2,1-2H3,(H,16,17). The third-order valence-electron chi connectivity index (χ3n) is 3.20. The van der Waals surface area contributed by atoms with Crippen LogP contribution >= 0.6 is 0 Å². The molecule has 0 bridgehead atoms. The van der Waals surface area contributed by atoms with E-state index in [0.717, 1.165) is 0 Å². The molecule has 1 amide bonds. The minimum atomic E-state index is -2.58. The van der Waals surface area contributed by atoms with Crippen molar-refractivity contribution in [3.63, 3.8) is 0 Å². The first-order chi connectivity index (χ1) is 7.80. The van der Waals surface area contributed by atoms with E-state index in [9.17, 15) is 13.6 Å². The topological polar surface area (TPSA) is 55.1 Å². The number of halogens is 2. The molecule has 0 heterocycles. The van der Waals surface area contributed by atoms with Gasteiger partial charge >= 0.3 is 0 Å². The number of nitrogens with one attached hydrogen (secondary N) is 1. The fraction of sp³-hybridized carbons (Fsp3) is 0.917. The van der Waals surface area contributed by atoms with Crippen molar-refractivity contribution in [1.82, 2.24) is 5.32 Å². The van der Waals surface area contributed by atoms with Gasteiger partial charge in [0.05, 0.1) is 0 Å². The second kappa shape index (κ2) is 5.76. The number of rotatable bonds is 4. The molecule has 0 radical (unpaired) electrons. The number of hydrogen-bond donors (Lipinski definition) is 2. The number of hydrogen-bond acceptors (Lipinski definition) is 2. The summed E-state index contributed by atoms with van der Waals surface area (Å²) in [7, 11) is 0. The Morgan fingerprint density at radius 1 is 1.41 bits per heavy atom. The van der Waals surface area contributed by atoms with Gasteiger partial charge < -0.3 is 11.1 Å². The molecule has 3 nitrogen and oxygen atoms in total. The Hall–Kier alpha value is -0.710. The SMILES string of the molecule is CC(N)CC(C)NC(=O)C1CCC(F)(F)CC1. The molecule has 0 aromatic rings. The summed E-state index contributed by atoms with van der Waals surface area (Å²) in [6.45, 7) is 3.77. The lowest BCUT2D eigenvalue weighted by atomic mass is 9.86. The van der Waals surface area contributed by atoms with Crippen LogP contribution in [0.25, 0.3) is 0 Å². The summed E-state index contributed by atoms with van der Waals surface area (Å²) in [5.74, 6) is -2.94. The first-order valence-electron chi connectivity index (χ1n) is 6.24. The molecule has 0 aromatic heterocycles. The summed E-state index contributed by atoms with van der Waals surface area (Å²) < 4.78 is 25.9. The van der Waals surface area contributed by atoms with Crippen molar-refractivity contribution in [1.29, 1.82) is 0 Å². The van der Waals surface area contributed by atoms with Crippen molar-refractivity contribution >= 4 is 5.91 Å². The zero-order chi connectivity index (χ0) is 13.1. The summed E-state index contributed by atoms with van der Waals surface area (Å²) >= 11 is 0. The summed E-state index contributed by atoms with van der Waals surface area (Å²) in [5.41, 5.74) is 5.63. The van der Waals surface area contributed by atoms with E-state index >= 15 is 0 Å². The van der Waals surface area contributed by atoms with E-state index in [4.69, 9.17) is 5.73 Å². The minimum absolute atomic E-state index is 0.00457. The molecule has 1 rings (SSSR count). The van der Waals surface area contributed by atoms with E-state index in [1.54, 1.807) is 0 Å². The van der Waals surface area contributed by atoms with Crippen molar-refractivity contribution < 1.29 is 13.6 Å². The number of carbonyl (C=O) groups excluding carboxylic acids is 1. The molecule has 1 aliphatic carbocycles. The van der Waals surface area contributed by atoms with E-state index in [-0.39, 0.29) is 49.6 Å². The molecular formula is C12H22F2N2O. The number of nitrogens with two attached hydrogens (primary N) is 1. The van der Waals surface area contributed by atoms with Gasteiger partial charge in [-0.05, 0) is 33.1 Å². The van der Waals surface area contributed by atoms with Gasteiger partial charge in [0, 0.05) is 30.8 Å². The predicted octanol–water partition coefficient (Wildman–Crippen LogP) is 2.05. The van der Waals surface area contributed by atoms with Gasteiger partial charge in [-0.1, -0.05) is 0 Å². The van der Waals surface area contributed by atoms with Gasteiger partial charge in [0.15, 0.2) is 0 Å². The van der Waals surface area contributed by atoms with E-state index in [1.165, 1.54) is 0 Å². The van der Waals surface area contributed by atoms with Crippen LogP contribution in [0, 0.1) is 5.92 Å². The van der Waals surface area contributed by atoms with Gasteiger partial charge in [0.25, 0.3) is 0 Å². The van der Waals surface area contributed by atoms with Crippen molar-refractivity contribution in [2.45, 2.75) is 64.0 Å². The third kappa shape index (κ3) is 4.98. The smallest absolute Gasteiger partial charge is 0.248 e. The highest BCUT2D eigenvalue weighted by Crippen LogP contribution is 2.36. The largest absolute Gasteiger partial charge is 0.353 e. The first kappa shape index (κ1) is 14.4. The molecule has 1 saturated carbocycles. The van der Waals surface area contributed by atoms with Crippen LogP contribution in [0.2, 0.25) is 0 Å². The van der Waals surface area contributed by atoms with Crippen molar-refractivity contribution in [2.75, 3.05) is 0 Å². The highest BCUT2D eigenvalue weighted by molar-refractivity contribution is 5.79. The van der Waals surface area contributed by atoms with Crippen LogP contribution in [0.5, 0.6) is 0 Å². The van der Waals surface area contributed by atoms with Gasteiger partial charge in [-0.15, -0.1) is 0 Å². The second-order valence-corrected chi connectivity index (χ2v) is 5.25. The van der Waals surface area contributed by atoms with Gasteiger partial charge in [0.1, 0.15) is 0 Å². The molecule has 2 unspecified atom stereocenters. The maximum Gasteiger partial charge on any atom is 0.248 e. The molecule has 0 saturated heterocycles. The monoisotopic (exact) mass is 248 g/mol. The molecule has 1 aliphatic rings. The Morgan fingerprint density at radius 2 is 1.94 bits per heavy atom. The minimum Gasteiger partial charge on any atom is -0.353 e. The molecule has 2 atom stereocenters. The van der Waals surface area contributed by atoms with Crippen LogP contribution in [0.1, 0.15) is 46.0 Å². The highest BCUT2D eigenvalue weighted by Gasteiger charge is 2.37. The van der Waals surface area contributed by atoms with E-state index in [1.807, 2.05) is 13.8 Å². The van der Waals surface area contributed by atoms with Crippen LogP contribution in [0.4, 0.5) is 8.78 Å². The van der Waals surface area contributed by atoms with Crippen molar-refractivity contribution in [2.24, 2.45) is 11.7 Å². The molecule has 1 fully saturated rings. The highest BCUT2D eigenvalue weighted by atomic mass is 19.3. The number of alkyl halides is 2. The Morgan fingerprint density at radius 3 is 2.41 bits per heavy atom. The summed E-state index contributed by atoms with van der Waals surface area (Å²) in [6.07, 6.45) is 0.918. The quantitative estimate of drug-likeness (QED) is 0.800. The number of amides is 1. The fourth-order valence-corrected chi connectivity index (χ4v) is 2.28. The Kier molecular flexibility index (Phi) is 4.86. The van der Waals surface area contributed by atoms with Gasteiger partial charge in [-0.25, -0.2) is 8.78 Å². The molecule has 5 heteroatoms. The van der Waals surface area contributed by atoms with Crippen LogP contribution in [-0.2, 0) is 4.79 Å². The maximum atomic E-state index is 12.9. The first-order valence-corrected chi connectivity index (χ1v) is 6.24. The van der Waals surface area contributed by atoms with Crippen LogP contribution in [0.15, 0.2) is 0 Å². The zero-order valence-corrected chi connectivity index (χ0v) is 10.5. The summed E-state index contributed by atoms with van der Waals surface area (Å²) in [5, 5.41) is 2.84. The normalized spacial score (nSPS) is 24.1. The maximum absolute atomic E-state index is 12.9.